The van der Waals surface area contributed by atoms with E-state index < -0.39 is 16.0 Å². The number of sulfonamides is 1. The quantitative estimate of drug-likeness (QED) is 0.551. The van der Waals surface area contributed by atoms with Gasteiger partial charge >= 0.3 is 5.97 Å². The minimum Gasteiger partial charge on any atom is -0.476 e. The van der Waals surface area contributed by atoms with E-state index in [1.165, 1.54) is 12.1 Å². The van der Waals surface area contributed by atoms with Gasteiger partial charge in [-0.25, -0.2) is 22.6 Å². The third-order valence-electron chi connectivity index (χ3n) is 3.47. The van der Waals surface area contributed by atoms with E-state index in [9.17, 15) is 18.0 Å². The van der Waals surface area contributed by atoms with Gasteiger partial charge in [-0.2, -0.15) is 0 Å². The van der Waals surface area contributed by atoms with Crippen LogP contribution in [0.1, 0.15) is 29.9 Å². The Morgan fingerprint density at radius 2 is 1.89 bits per heavy atom. The molecule has 0 saturated heterocycles. The molecule has 0 spiro atoms. The van der Waals surface area contributed by atoms with Gasteiger partial charge in [0.2, 0.25) is 15.9 Å². The highest BCUT2D eigenvalue weighted by Crippen LogP contribution is 2.11. The number of aromatic nitrogens is 3. The number of hydrogen-bond donors (Lipinski definition) is 3. The summed E-state index contributed by atoms with van der Waals surface area (Å²) in [7, 11) is -3.55. The van der Waals surface area contributed by atoms with Crippen LogP contribution in [0, 0.1) is 5.92 Å². The Bertz CT molecular complexity index is 906. The normalized spacial score (nSPS) is 11.5. The fraction of sp³-hybridized carbons (Fsp3) is 0.375. The first-order valence-electron chi connectivity index (χ1n) is 8.16. The van der Waals surface area contributed by atoms with Crippen molar-refractivity contribution in [1.82, 2.24) is 25.0 Å². The van der Waals surface area contributed by atoms with Gasteiger partial charge in [0.1, 0.15) is 6.54 Å². The van der Waals surface area contributed by atoms with Crippen LogP contribution in [0.3, 0.4) is 0 Å². The van der Waals surface area contributed by atoms with E-state index in [2.05, 4.69) is 20.4 Å². The van der Waals surface area contributed by atoms with E-state index in [1.807, 2.05) is 13.8 Å². The minimum atomic E-state index is -3.55. The first kappa shape index (κ1) is 20.5. The number of rotatable bonds is 9. The van der Waals surface area contributed by atoms with Crippen molar-refractivity contribution in [3.05, 3.63) is 41.7 Å². The molecule has 0 aliphatic carbocycles. The molecule has 1 heterocycles. The maximum Gasteiger partial charge on any atom is 0.358 e. The van der Waals surface area contributed by atoms with Crippen molar-refractivity contribution in [3.8, 4) is 0 Å². The van der Waals surface area contributed by atoms with Crippen molar-refractivity contribution in [2.45, 2.75) is 31.8 Å². The molecule has 0 bridgehead atoms. The minimum absolute atomic E-state index is 0.155. The second-order valence-corrected chi connectivity index (χ2v) is 8.04. The number of benzene rings is 1. The molecular weight excluding hydrogens is 374 g/mol. The van der Waals surface area contributed by atoms with Crippen molar-refractivity contribution >= 4 is 21.9 Å². The van der Waals surface area contributed by atoms with Crippen molar-refractivity contribution < 1.29 is 23.1 Å². The number of nitrogens with one attached hydrogen (secondary N) is 2. The summed E-state index contributed by atoms with van der Waals surface area (Å²) in [5.41, 5.74) is 0.474. The zero-order chi connectivity index (χ0) is 20.0. The molecule has 10 nitrogen and oxygen atoms in total. The first-order chi connectivity index (χ1) is 12.7. The fourth-order valence-electron chi connectivity index (χ4n) is 2.02. The van der Waals surface area contributed by atoms with E-state index in [0.717, 1.165) is 16.4 Å². The molecule has 1 aromatic carbocycles. The molecule has 0 atom stereocenters. The molecule has 11 heteroatoms. The number of nitrogens with zero attached hydrogens (tertiary/aromatic N) is 3. The molecule has 27 heavy (non-hydrogen) atoms. The summed E-state index contributed by atoms with van der Waals surface area (Å²) < 4.78 is 27.9. The van der Waals surface area contributed by atoms with Crippen LogP contribution in [0.25, 0.3) is 0 Å². The zero-order valence-electron chi connectivity index (χ0n) is 14.9. The van der Waals surface area contributed by atoms with Crippen molar-refractivity contribution in [2.24, 2.45) is 5.92 Å². The lowest BCUT2D eigenvalue weighted by Gasteiger charge is -2.10. The van der Waals surface area contributed by atoms with E-state index in [4.69, 9.17) is 5.11 Å². The molecule has 0 fully saturated rings. The number of carboxylic acids is 1. The van der Waals surface area contributed by atoms with Crippen LogP contribution in [0.5, 0.6) is 0 Å². The molecule has 0 aliphatic rings. The summed E-state index contributed by atoms with van der Waals surface area (Å²) in [6.45, 7) is 4.20. The molecule has 1 amide bonds. The third kappa shape index (κ3) is 6.15. The summed E-state index contributed by atoms with van der Waals surface area (Å²) >= 11 is 0. The monoisotopic (exact) mass is 395 g/mol. The molecule has 1 aromatic heterocycles. The van der Waals surface area contributed by atoms with Crippen LogP contribution in [0.4, 0.5) is 0 Å². The SMILES string of the molecule is CC(C)CNS(=O)(=O)c1ccc(CNC(=O)Cn2cc(C(=O)O)nn2)cc1. The molecule has 2 aromatic rings. The summed E-state index contributed by atoms with van der Waals surface area (Å²) in [6, 6.07) is 6.17. The van der Waals surface area contributed by atoms with Gasteiger partial charge in [0.15, 0.2) is 5.69 Å². The second-order valence-electron chi connectivity index (χ2n) is 6.27. The van der Waals surface area contributed by atoms with Crippen LogP contribution in [-0.2, 0) is 27.9 Å². The number of carbonyl (C=O) groups is 2. The number of aromatic carboxylic acids is 1. The summed E-state index contributed by atoms with van der Waals surface area (Å²) in [5, 5.41) is 18.4. The average molecular weight is 395 g/mol. The van der Waals surface area contributed by atoms with Crippen LogP contribution in [-0.4, -0.2) is 46.9 Å². The van der Waals surface area contributed by atoms with E-state index >= 15 is 0 Å². The van der Waals surface area contributed by atoms with Gasteiger partial charge in [-0.1, -0.05) is 31.2 Å². The van der Waals surface area contributed by atoms with Crippen LogP contribution in [0.2, 0.25) is 0 Å². The Balaban J connectivity index is 1.88. The number of amides is 1. The lowest BCUT2D eigenvalue weighted by Crippen LogP contribution is -2.28. The topological polar surface area (TPSA) is 143 Å². The molecule has 0 saturated carbocycles. The largest absolute Gasteiger partial charge is 0.476 e. The van der Waals surface area contributed by atoms with Crippen LogP contribution in [0.15, 0.2) is 35.4 Å². The average Bonchev–Trinajstić information content (AvgIpc) is 3.07. The van der Waals surface area contributed by atoms with Gasteiger partial charge in [0.25, 0.3) is 0 Å². The van der Waals surface area contributed by atoms with E-state index in [-0.39, 0.29) is 35.5 Å². The molecule has 0 radical (unpaired) electrons. The highest BCUT2D eigenvalue weighted by atomic mass is 32.2. The van der Waals surface area contributed by atoms with Gasteiger partial charge in [-0.3, -0.25) is 4.79 Å². The van der Waals surface area contributed by atoms with Crippen molar-refractivity contribution in [1.29, 1.82) is 0 Å². The number of hydrogen-bond acceptors (Lipinski definition) is 6. The van der Waals surface area contributed by atoms with Gasteiger partial charge in [-0.15, -0.1) is 5.10 Å². The standard InChI is InChI=1S/C16H21N5O5S/c1-11(2)7-18-27(25,26)13-5-3-12(4-6-13)8-17-15(22)10-21-9-14(16(23)24)19-20-21/h3-6,9,11,18H,7-8,10H2,1-2H3,(H,17,22)(H,23,24). The summed E-state index contributed by atoms with van der Waals surface area (Å²) in [4.78, 5) is 22.8. The number of carboxylic acid groups (broad SMARTS) is 1. The maximum atomic E-state index is 12.1. The third-order valence-corrected chi connectivity index (χ3v) is 4.91. The molecule has 0 unspecified atom stereocenters. The van der Waals surface area contributed by atoms with Gasteiger partial charge in [0, 0.05) is 13.1 Å². The lowest BCUT2D eigenvalue weighted by molar-refractivity contribution is -0.122. The van der Waals surface area contributed by atoms with Gasteiger partial charge < -0.3 is 10.4 Å². The maximum absolute atomic E-state index is 12.1. The summed E-state index contributed by atoms with van der Waals surface area (Å²) in [5.74, 6) is -1.41. The highest BCUT2D eigenvalue weighted by Gasteiger charge is 2.14. The van der Waals surface area contributed by atoms with Gasteiger partial charge in [-0.05, 0) is 23.6 Å². The lowest BCUT2D eigenvalue weighted by atomic mass is 10.2. The molecule has 3 N–H and O–H groups in total. The predicted octanol–water partition coefficient (Wildman–Crippen LogP) is 0.227. The fourth-order valence-corrected chi connectivity index (χ4v) is 3.24. The van der Waals surface area contributed by atoms with E-state index in [1.54, 1.807) is 12.1 Å². The predicted molar refractivity (Wildman–Crippen MR) is 95.3 cm³/mol. The van der Waals surface area contributed by atoms with Crippen molar-refractivity contribution in [3.63, 3.8) is 0 Å². The van der Waals surface area contributed by atoms with Crippen molar-refractivity contribution in [2.75, 3.05) is 6.54 Å². The Labute approximate surface area is 156 Å². The highest BCUT2D eigenvalue weighted by molar-refractivity contribution is 7.89. The molecular formula is C16H21N5O5S. The van der Waals surface area contributed by atoms with Crippen LogP contribution < -0.4 is 10.0 Å². The second kappa shape index (κ2) is 8.73. The Kier molecular flexibility index (Phi) is 6.64. The Morgan fingerprint density at radius 3 is 2.44 bits per heavy atom. The van der Waals surface area contributed by atoms with Gasteiger partial charge in [0.05, 0.1) is 11.1 Å². The van der Waals surface area contributed by atoms with E-state index in [0.29, 0.717) is 6.54 Å². The molecule has 2 rings (SSSR count). The van der Waals surface area contributed by atoms with Crippen LogP contribution >= 0.6 is 0 Å². The Morgan fingerprint density at radius 1 is 1.22 bits per heavy atom. The Hall–Kier alpha value is -2.79. The summed E-state index contributed by atoms with van der Waals surface area (Å²) in [6.07, 6.45) is 1.16. The first-order valence-corrected chi connectivity index (χ1v) is 9.64. The molecule has 0 aliphatic heterocycles. The zero-order valence-corrected chi connectivity index (χ0v) is 15.7. The number of carbonyl (C=O) groups excluding carboxylic acids is 1. The molecule has 146 valence electrons. The smallest absolute Gasteiger partial charge is 0.358 e.